The summed E-state index contributed by atoms with van der Waals surface area (Å²) in [4.78, 5) is 32.0. The molecule has 2 aliphatic rings. The predicted molar refractivity (Wildman–Crippen MR) is 123 cm³/mol. The van der Waals surface area contributed by atoms with E-state index < -0.39 is 6.04 Å². The first-order valence-corrected chi connectivity index (χ1v) is 12.0. The highest BCUT2D eigenvalue weighted by Crippen LogP contribution is 2.33. The molecule has 8 heteroatoms. The Kier molecular flexibility index (Phi) is 7.55. The molecule has 178 valence electrons. The molecular formula is C25H34N4O4. The number of hydrogen-bond acceptors (Lipinski definition) is 7. The van der Waals surface area contributed by atoms with Crippen molar-refractivity contribution in [3.63, 3.8) is 0 Å². The summed E-state index contributed by atoms with van der Waals surface area (Å²) in [6, 6.07) is 9.47. The minimum absolute atomic E-state index is 0.0958. The van der Waals surface area contributed by atoms with E-state index in [-0.39, 0.29) is 35.5 Å². The van der Waals surface area contributed by atoms with Crippen LogP contribution in [0.25, 0.3) is 0 Å². The maximum absolute atomic E-state index is 13.0. The normalized spacial score (nSPS) is 19.3. The third-order valence-electron chi connectivity index (χ3n) is 6.53. The van der Waals surface area contributed by atoms with Gasteiger partial charge in [-0.1, -0.05) is 48.3 Å². The molecule has 1 amide bonds. The standard InChI is InChI=1S/C25H34N4O4/c1-25(2,17-32-16-18-9-4-3-5-10-18)26-15-21(30)29-14-8-13-20(29)22(31)23-27-24(33-28-23)19-11-6-7-12-19/h3-5,9-10,19-20,26H,6-8,11-17H2,1-2H3. The summed E-state index contributed by atoms with van der Waals surface area (Å²) in [5.41, 5.74) is 0.730. The molecule has 0 spiro atoms. The maximum atomic E-state index is 13.0. The molecule has 1 aromatic heterocycles. The van der Waals surface area contributed by atoms with Crippen LogP contribution >= 0.6 is 0 Å². The largest absolute Gasteiger partial charge is 0.375 e. The Labute approximate surface area is 195 Å². The van der Waals surface area contributed by atoms with E-state index in [4.69, 9.17) is 9.26 Å². The van der Waals surface area contributed by atoms with Gasteiger partial charge < -0.3 is 19.5 Å². The number of rotatable bonds is 10. The number of aromatic nitrogens is 2. The van der Waals surface area contributed by atoms with Gasteiger partial charge in [-0.2, -0.15) is 4.98 Å². The van der Waals surface area contributed by atoms with Crippen molar-refractivity contribution in [1.29, 1.82) is 0 Å². The van der Waals surface area contributed by atoms with Crippen LogP contribution in [0.5, 0.6) is 0 Å². The molecule has 1 aromatic carbocycles. The number of carbonyl (C=O) groups excluding carboxylic acids is 2. The first-order valence-electron chi connectivity index (χ1n) is 12.0. The summed E-state index contributed by atoms with van der Waals surface area (Å²) in [5.74, 6) is 0.603. The summed E-state index contributed by atoms with van der Waals surface area (Å²) >= 11 is 0. The van der Waals surface area contributed by atoms with Crippen LogP contribution in [0.15, 0.2) is 34.9 Å². The molecule has 33 heavy (non-hydrogen) atoms. The number of Topliss-reactive ketones (excluding diaryl/α,β-unsaturated/α-hetero) is 1. The Hall–Kier alpha value is -2.58. The van der Waals surface area contributed by atoms with Crippen molar-refractivity contribution >= 4 is 11.7 Å². The lowest BCUT2D eigenvalue weighted by Gasteiger charge is -2.28. The highest BCUT2D eigenvalue weighted by Gasteiger charge is 2.37. The average Bonchev–Trinajstić information content (AvgIpc) is 3.58. The fourth-order valence-electron chi connectivity index (χ4n) is 4.63. The van der Waals surface area contributed by atoms with Crippen molar-refractivity contribution in [3.05, 3.63) is 47.6 Å². The third-order valence-corrected chi connectivity index (χ3v) is 6.53. The van der Waals surface area contributed by atoms with E-state index in [1.807, 2.05) is 44.2 Å². The minimum Gasteiger partial charge on any atom is -0.375 e. The Bertz CT molecular complexity index is 937. The van der Waals surface area contributed by atoms with Gasteiger partial charge in [-0.05, 0) is 45.1 Å². The van der Waals surface area contributed by atoms with Crippen LogP contribution in [0.2, 0.25) is 0 Å². The van der Waals surface area contributed by atoms with Gasteiger partial charge >= 0.3 is 0 Å². The van der Waals surface area contributed by atoms with E-state index in [0.717, 1.165) is 37.7 Å². The number of benzene rings is 1. The molecule has 1 atom stereocenters. The zero-order valence-corrected chi connectivity index (χ0v) is 19.6. The van der Waals surface area contributed by atoms with Crippen molar-refractivity contribution in [2.45, 2.75) is 76.5 Å². The summed E-state index contributed by atoms with van der Waals surface area (Å²) in [6.45, 7) is 5.70. The highest BCUT2D eigenvalue weighted by molar-refractivity contribution is 5.99. The maximum Gasteiger partial charge on any atom is 0.240 e. The topological polar surface area (TPSA) is 97.6 Å². The summed E-state index contributed by atoms with van der Waals surface area (Å²) in [7, 11) is 0. The Morgan fingerprint density at radius 1 is 1.15 bits per heavy atom. The SMILES string of the molecule is CC(C)(COCc1ccccc1)NCC(=O)N1CCCC1C(=O)c1noc(C2CCCC2)n1. The van der Waals surface area contributed by atoms with Crippen LogP contribution in [0.1, 0.15) is 80.4 Å². The van der Waals surface area contributed by atoms with E-state index in [1.54, 1.807) is 4.90 Å². The smallest absolute Gasteiger partial charge is 0.240 e. The zero-order valence-electron chi connectivity index (χ0n) is 19.6. The van der Waals surface area contributed by atoms with Gasteiger partial charge in [0.05, 0.1) is 25.8 Å². The average molecular weight is 455 g/mol. The zero-order chi connectivity index (χ0) is 23.3. The number of nitrogens with one attached hydrogen (secondary N) is 1. The van der Waals surface area contributed by atoms with E-state index >= 15 is 0 Å². The first kappa shape index (κ1) is 23.6. The third kappa shape index (κ3) is 6.06. The molecule has 1 saturated heterocycles. The second-order valence-electron chi connectivity index (χ2n) is 9.76. The molecule has 2 aromatic rings. The summed E-state index contributed by atoms with van der Waals surface area (Å²) < 4.78 is 11.2. The van der Waals surface area contributed by atoms with Crippen molar-refractivity contribution in [2.75, 3.05) is 19.7 Å². The number of carbonyl (C=O) groups is 2. The number of amides is 1. The van der Waals surface area contributed by atoms with E-state index in [9.17, 15) is 9.59 Å². The van der Waals surface area contributed by atoms with Crippen molar-refractivity contribution in [2.24, 2.45) is 0 Å². The minimum atomic E-state index is -0.522. The molecule has 0 radical (unpaired) electrons. The number of likely N-dealkylation sites (tertiary alicyclic amines) is 1. The Morgan fingerprint density at radius 3 is 2.67 bits per heavy atom. The number of ketones is 1. The van der Waals surface area contributed by atoms with Gasteiger partial charge in [0, 0.05) is 18.0 Å². The molecule has 1 unspecified atom stereocenters. The highest BCUT2D eigenvalue weighted by atomic mass is 16.5. The van der Waals surface area contributed by atoms with Crippen LogP contribution in [0.4, 0.5) is 0 Å². The number of ether oxygens (including phenoxy) is 1. The Balaban J connectivity index is 1.27. The van der Waals surface area contributed by atoms with Crippen LogP contribution in [-0.2, 0) is 16.1 Å². The molecular weight excluding hydrogens is 420 g/mol. The lowest BCUT2D eigenvalue weighted by atomic mass is 10.1. The fourth-order valence-corrected chi connectivity index (χ4v) is 4.63. The quantitative estimate of drug-likeness (QED) is 0.549. The summed E-state index contributed by atoms with van der Waals surface area (Å²) in [6.07, 6.45) is 5.78. The fraction of sp³-hybridized carbons (Fsp3) is 0.600. The lowest BCUT2D eigenvalue weighted by molar-refractivity contribution is -0.130. The predicted octanol–water partition coefficient (Wildman–Crippen LogP) is 3.49. The monoisotopic (exact) mass is 454 g/mol. The Morgan fingerprint density at radius 2 is 1.91 bits per heavy atom. The van der Waals surface area contributed by atoms with Gasteiger partial charge in [-0.25, -0.2) is 0 Å². The molecule has 0 bridgehead atoms. The van der Waals surface area contributed by atoms with Crippen molar-refractivity contribution in [3.8, 4) is 0 Å². The van der Waals surface area contributed by atoms with E-state index in [1.165, 1.54) is 0 Å². The first-order chi connectivity index (χ1) is 15.9. The summed E-state index contributed by atoms with van der Waals surface area (Å²) in [5, 5.41) is 7.22. The van der Waals surface area contributed by atoms with Gasteiger partial charge in [-0.15, -0.1) is 0 Å². The second-order valence-corrected chi connectivity index (χ2v) is 9.76. The van der Waals surface area contributed by atoms with Gasteiger partial charge in [-0.3, -0.25) is 9.59 Å². The van der Waals surface area contributed by atoms with Crippen LogP contribution in [-0.4, -0.2) is 58.0 Å². The molecule has 1 aliphatic heterocycles. The molecule has 2 heterocycles. The van der Waals surface area contributed by atoms with Gasteiger partial charge in [0.2, 0.25) is 23.4 Å². The van der Waals surface area contributed by atoms with Crippen molar-refractivity contribution < 1.29 is 18.8 Å². The second kappa shape index (κ2) is 10.6. The van der Waals surface area contributed by atoms with Gasteiger partial charge in [0.25, 0.3) is 0 Å². The molecule has 1 N–H and O–H groups in total. The number of nitrogens with zero attached hydrogens (tertiary/aromatic N) is 3. The lowest BCUT2D eigenvalue weighted by Crippen LogP contribution is -2.51. The number of hydrogen-bond donors (Lipinski definition) is 1. The van der Waals surface area contributed by atoms with Gasteiger partial charge in [0.1, 0.15) is 0 Å². The van der Waals surface area contributed by atoms with Crippen LogP contribution < -0.4 is 5.32 Å². The molecule has 1 saturated carbocycles. The van der Waals surface area contributed by atoms with Crippen LogP contribution in [0, 0.1) is 0 Å². The van der Waals surface area contributed by atoms with E-state index in [2.05, 4.69) is 15.5 Å². The van der Waals surface area contributed by atoms with E-state index in [0.29, 0.717) is 32.1 Å². The van der Waals surface area contributed by atoms with Crippen LogP contribution in [0.3, 0.4) is 0 Å². The molecule has 2 fully saturated rings. The molecule has 4 rings (SSSR count). The van der Waals surface area contributed by atoms with Gasteiger partial charge in [0.15, 0.2) is 0 Å². The molecule has 8 nitrogen and oxygen atoms in total. The molecule has 1 aliphatic carbocycles. The van der Waals surface area contributed by atoms with Crippen molar-refractivity contribution in [1.82, 2.24) is 20.4 Å².